The maximum absolute atomic E-state index is 14.8. The molecular formula is C33H36F3N3S. The molecule has 5 rings (SSSR count). The van der Waals surface area contributed by atoms with Crippen molar-refractivity contribution in [3.8, 4) is 10.6 Å². The highest BCUT2D eigenvalue weighted by molar-refractivity contribution is 7.15. The van der Waals surface area contributed by atoms with Gasteiger partial charge in [-0.25, -0.2) is 18.2 Å². The normalized spacial score (nSPS) is 15.2. The zero-order chi connectivity index (χ0) is 28.3. The number of rotatable bonds is 10. The van der Waals surface area contributed by atoms with Gasteiger partial charge in [-0.05, 0) is 53.3 Å². The first-order chi connectivity index (χ1) is 19.2. The third-order valence-electron chi connectivity index (χ3n) is 7.62. The fourth-order valence-corrected chi connectivity index (χ4v) is 6.61. The summed E-state index contributed by atoms with van der Waals surface area (Å²) in [6.07, 6.45) is 1.29. The minimum absolute atomic E-state index is 0.163. The average Bonchev–Trinajstić information content (AvgIpc) is 3.54. The zero-order valence-corrected chi connectivity index (χ0v) is 24.1. The van der Waals surface area contributed by atoms with Gasteiger partial charge in [-0.2, -0.15) is 0 Å². The van der Waals surface area contributed by atoms with Crippen molar-refractivity contribution in [2.75, 3.05) is 13.2 Å². The lowest BCUT2D eigenvalue weighted by atomic mass is 9.83. The predicted octanol–water partition coefficient (Wildman–Crippen LogP) is 8.10. The maximum atomic E-state index is 14.8. The molecule has 4 aromatic rings. The Morgan fingerprint density at radius 2 is 1.62 bits per heavy atom. The van der Waals surface area contributed by atoms with Gasteiger partial charge in [-0.15, -0.1) is 11.3 Å². The summed E-state index contributed by atoms with van der Waals surface area (Å²) >= 11 is 1.41. The summed E-state index contributed by atoms with van der Waals surface area (Å²) in [4.78, 5) is 8.16. The van der Waals surface area contributed by atoms with Crippen LogP contribution in [0.4, 0.5) is 13.2 Å². The fraction of sp³-hybridized carbons (Fsp3) is 0.364. The molecule has 1 aliphatic rings. The average molecular weight is 564 g/mol. The molecule has 0 saturated heterocycles. The summed E-state index contributed by atoms with van der Waals surface area (Å²) in [5.41, 5.74) is 4.44. The van der Waals surface area contributed by atoms with Gasteiger partial charge in [-0.1, -0.05) is 75.4 Å². The minimum Gasteiger partial charge on any atom is -0.308 e. The predicted molar refractivity (Wildman–Crippen MR) is 157 cm³/mol. The van der Waals surface area contributed by atoms with Crippen LogP contribution in [0.1, 0.15) is 60.5 Å². The highest BCUT2D eigenvalue weighted by atomic mass is 32.1. The summed E-state index contributed by atoms with van der Waals surface area (Å²) in [7, 11) is 0. The van der Waals surface area contributed by atoms with Gasteiger partial charge in [0.1, 0.15) is 23.3 Å². The van der Waals surface area contributed by atoms with Gasteiger partial charge in [0.15, 0.2) is 0 Å². The number of fused-ring (bicyclic) bond motifs is 1. The number of thiazole rings is 1. The zero-order valence-electron chi connectivity index (χ0n) is 23.3. The SMILES string of the molecule is CC(C)(C)C(NCC[C@@H](CF)N1Cc2ccccc2C1)c1nc(-c2cc(F)ccc2F)sc1Cc1ccccc1. The van der Waals surface area contributed by atoms with Gasteiger partial charge in [0.05, 0.1) is 11.7 Å². The number of benzene rings is 3. The van der Waals surface area contributed by atoms with E-state index >= 15 is 0 Å². The molecule has 3 nitrogen and oxygen atoms in total. The summed E-state index contributed by atoms with van der Waals surface area (Å²) < 4.78 is 43.1. The van der Waals surface area contributed by atoms with Crippen LogP contribution in [0.5, 0.6) is 0 Å². The van der Waals surface area contributed by atoms with Crippen molar-refractivity contribution < 1.29 is 13.2 Å². The molecule has 3 aromatic carbocycles. The topological polar surface area (TPSA) is 28.2 Å². The molecular weight excluding hydrogens is 527 g/mol. The van der Waals surface area contributed by atoms with Gasteiger partial charge in [-0.3, -0.25) is 4.90 Å². The van der Waals surface area contributed by atoms with Crippen molar-refractivity contribution in [2.45, 2.75) is 58.8 Å². The third-order valence-corrected chi connectivity index (χ3v) is 8.72. The summed E-state index contributed by atoms with van der Waals surface area (Å²) in [5, 5.41) is 4.15. The van der Waals surface area contributed by atoms with E-state index in [1.807, 2.05) is 30.3 Å². The molecule has 0 fully saturated rings. The minimum atomic E-state index is -0.496. The van der Waals surface area contributed by atoms with E-state index in [0.29, 0.717) is 24.4 Å². The third kappa shape index (κ3) is 6.48. The Balaban J connectivity index is 1.40. The summed E-state index contributed by atoms with van der Waals surface area (Å²) in [5.74, 6) is -0.991. The Morgan fingerprint density at radius 1 is 0.950 bits per heavy atom. The molecule has 0 bridgehead atoms. The number of hydrogen-bond donors (Lipinski definition) is 1. The first-order valence-corrected chi connectivity index (χ1v) is 14.6. The van der Waals surface area contributed by atoms with Crippen LogP contribution in [0.15, 0.2) is 72.8 Å². The van der Waals surface area contributed by atoms with Crippen molar-refractivity contribution in [1.82, 2.24) is 15.2 Å². The van der Waals surface area contributed by atoms with Crippen LogP contribution in [0.3, 0.4) is 0 Å². The lowest BCUT2D eigenvalue weighted by molar-refractivity contribution is 0.151. The molecule has 0 saturated carbocycles. The molecule has 0 amide bonds. The van der Waals surface area contributed by atoms with Gasteiger partial charge in [0, 0.05) is 36.0 Å². The molecule has 1 aromatic heterocycles. The first kappa shape index (κ1) is 28.5. The Hall–Kier alpha value is -3.00. The molecule has 1 N–H and O–H groups in total. The Morgan fingerprint density at radius 3 is 2.27 bits per heavy atom. The van der Waals surface area contributed by atoms with Gasteiger partial charge in [0.25, 0.3) is 0 Å². The largest absolute Gasteiger partial charge is 0.308 e. The lowest BCUT2D eigenvalue weighted by Crippen LogP contribution is -2.39. The molecule has 0 aliphatic carbocycles. The van der Waals surface area contributed by atoms with Crippen LogP contribution in [0.25, 0.3) is 10.6 Å². The van der Waals surface area contributed by atoms with E-state index in [9.17, 15) is 13.2 Å². The summed E-state index contributed by atoms with van der Waals surface area (Å²) in [6.45, 7) is 8.16. The lowest BCUT2D eigenvalue weighted by Gasteiger charge is -2.33. The molecule has 7 heteroatoms. The number of aromatic nitrogens is 1. The Kier molecular flexibility index (Phi) is 8.74. The van der Waals surface area contributed by atoms with Crippen LogP contribution < -0.4 is 5.32 Å². The molecule has 210 valence electrons. The van der Waals surface area contributed by atoms with E-state index in [0.717, 1.165) is 41.4 Å². The molecule has 1 aliphatic heterocycles. The number of halogens is 3. The molecule has 2 heterocycles. The van der Waals surface area contributed by atoms with Crippen LogP contribution in [-0.2, 0) is 19.5 Å². The van der Waals surface area contributed by atoms with E-state index in [1.54, 1.807) is 0 Å². The second kappa shape index (κ2) is 12.2. The summed E-state index contributed by atoms with van der Waals surface area (Å²) in [6, 6.07) is 21.5. The van der Waals surface area contributed by atoms with E-state index < -0.39 is 18.3 Å². The van der Waals surface area contributed by atoms with Crippen LogP contribution >= 0.6 is 11.3 Å². The second-order valence-corrected chi connectivity index (χ2v) is 12.7. The van der Waals surface area contributed by atoms with Crippen molar-refractivity contribution in [2.24, 2.45) is 5.41 Å². The van der Waals surface area contributed by atoms with Gasteiger partial charge >= 0.3 is 0 Å². The van der Waals surface area contributed by atoms with E-state index in [4.69, 9.17) is 4.98 Å². The fourth-order valence-electron chi connectivity index (χ4n) is 5.46. The number of nitrogens with zero attached hydrogens (tertiary/aromatic N) is 2. The molecule has 2 atom stereocenters. The van der Waals surface area contributed by atoms with E-state index in [-0.39, 0.29) is 23.1 Å². The van der Waals surface area contributed by atoms with Crippen molar-refractivity contribution in [3.05, 3.63) is 112 Å². The molecule has 0 spiro atoms. The van der Waals surface area contributed by atoms with Crippen molar-refractivity contribution in [3.63, 3.8) is 0 Å². The van der Waals surface area contributed by atoms with Crippen LogP contribution in [0.2, 0.25) is 0 Å². The van der Waals surface area contributed by atoms with Crippen molar-refractivity contribution >= 4 is 11.3 Å². The highest BCUT2D eigenvalue weighted by Crippen LogP contribution is 2.40. The Bertz CT molecular complexity index is 1410. The molecule has 0 radical (unpaired) electrons. The number of hydrogen-bond acceptors (Lipinski definition) is 4. The number of alkyl halides is 1. The van der Waals surface area contributed by atoms with Crippen molar-refractivity contribution in [1.29, 1.82) is 0 Å². The number of nitrogens with one attached hydrogen (secondary N) is 1. The van der Waals surface area contributed by atoms with Crippen LogP contribution in [-0.4, -0.2) is 29.1 Å². The van der Waals surface area contributed by atoms with Crippen LogP contribution in [0, 0.1) is 17.0 Å². The maximum Gasteiger partial charge on any atom is 0.133 e. The smallest absolute Gasteiger partial charge is 0.133 e. The van der Waals surface area contributed by atoms with E-state index in [1.165, 1.54) is 28.5 Å². The quantitative estimate of drug-likeness (QED) is 0.211. The highest BCUT2D eigenvalue weighted by Gasteiger charge is 2.32. The monoisotopic (exact) mass is 563 g/mol. The Labute approximate surface area is 239 Å². The second-order valence-electron chi connectivity index (χ2n) is 11.6. The standard InChI is InChI=1S/C33H36F3N3S/c1-33(2,3)31(37-16-15-26(19-34)39-20-23-11-7-8-12-24(23)21-39)30-29(17-22-9-5-4-6-10-22)40-32(38-30)27-18-25(35)13-14-28(27)36/h4-14,18,26,31,37H,15-17,19-21H2,1-3H3/t26-,31?/m0/s1. The first-order valence-electron chi connectivity index (χ1n) is 13.8. The van der Waals surface area contributed by atoms with E-state index in [2.05, 4.69) is 55.3 Å². The van der Waals surface area contributed by atoms with Gasteiger partial charge < -0.3 is 5.32 Å². The molecule has 1 unspecified atom stereocenters. The van der Waals surface area contributed by atoms with Gasteiger partial charge in [0.2, 0.25) is 0 Å². The molecule has 40 heavy (non-hydrogen) atoms.